The minimum atomic E-state index is -1.05. The largest absolute Gasteiger partial charge is 0.466 e. The Labute approximate surface area is 145 Å². The molecule has 0 amide bonds. The summed E-state index contributed by atoms with van der Waals surface area (Å²) in [5.74, 6) is 2.30. The number of hydrogen-bond acceptors (Lipinski definition) is 4. The molecule has 2 rings (SSSR count). The zero-order valence-corrected chi connectivity index (χ0v) is 15.6. The number of likely N-dealkylation sites (tertiary alicyclic amines) is 1. The summed E-state index contributed by atoms with van der Waals surface area (Å²) in [6.07, 6.45) is 2.47. The molecule has 2 heterocycles. The lowest BCUT2D eigenvalue weighted by Crippen LogP contribution is -2.44. The van der Waals surface area contributed by atoms with E-state index in [1.165, 1.54) is 12.8 Å². The van der Waals surface area contributed by atoms with Crippen molar-refractivity contribution in [1.82, 2.24) is 15.5 Å². The number of aliphatic imine (C=N–C) groups is 1. The number of nitrogens with zero attached hydrogens (tertiary/aromatic N) is 2. The zero-order valence-electron chi connectivity index (χ0n) is 15.6. The van der Waals surface area contributed by atoms with Crippen LogP contribution in [0.1, 0.15) is 43.8 Å². The molecule has 0 aromatic carbocycles. The normalized spacial score (nSPS) is 21.8. The molecule has 6 heteroatoms. The van der Waals surface area contributed by atoms with Crippen molar-refractivity contribution in [1.29, 1.82) is 0 Å². The average Bonchev–Trinajstić information content (AvgIpc) is 3.07. The highest BCUT2D eigenvalue weighted by atomic mass is 16.3. The van der Waals surface area contributed by atoms with Crippen molar-refractivity contribution in [3.63, 3.8) is 0 Å². The number of likely N-dealkylation sites (N-methyl/N-ethyl adjacent to an activating group) is 1. The van der Waals surface area contributed by atoms with E-state index >= 15 is 0 Å². The van der Waals surface area contributed by atoms with Crippen molar-refractivity contribution in [3.8, 4) is 0 Å². The number of guanidine groups is 1. The minimum Gasteiger partial charge on any atom is -0.466 e. The standard InChI is InChI=1S/C18H32N4O2/c1-6-19-17(20-11-15-8-7-9-22(15)5)21-12-18(4,23)16-10-13(2)24-14(16)3/h10,15,23H,6-9,11-12H2,1-5H3,(H2,19,20,21). The molecule has 0 spiro atoms. The third kappa shape index (κ3) is 4.74. The Morgan fingerprint density at radius 3 is 2.75 bits per heavy atom. The maximum Gasteiger partial charge on any atom is 0.191 e. The maximum absolute atomic E-state index is 10.8. The summed E-state index contributed by atoms with van der Waals surface area (Å²) in [6.45, 7) is 10.7. The summed E-state index contributed by atoms with van der Waals surface area (Å²) in [4.78, 5) is 6.96. The summed E-state index contributed by atoms with van der Waals surface area (Å²) < 4.78 is 5.54. The molecule has 2 atom stereocenters. The number of rotatable bonds is 6. The van der Waals surface area contributed by atoms with Gasteiger partial charge in [0.1, 0.15) is 17.1 Å². The molecule has 3 N–H and O–H groups in total. The predicted octanol–water partition coefficient (Wildman–Crippen LogP) is 1.75. The van der Waals surface area contributed by atoms with Gasteiger partial charge in [0, 0.05) is 24.7 Å². The Morgan fingerprint density at radius 1 is 1.46 bits per heavy atom. The third-order valence-corrected chi connectivity index (χ3v) is 4.69. The summed E-state index contributed by atoms with van der Waals surface area (Å²) in [7, 11) is 2.16. The van der Waals surface area contributed by atoms with Gasteiger partial charge in [-0.1, -0.05) is 0 Å². The first kappa shape index (κ1) is 18.8. The summed E-state index contributed by atoms with van der Waals surface area (Å²) in [6, 6.07) is 2.44. The van der Waals surface area contributed by atoms with Crippen LogP contribution < -0.4 is 10.6 Å². The molecule has 1 aromatic rings. The number of nitrogens with one attached hydrogen (secondary N) is 2. The lowest BCUT2D eigenvalue weighted by molar-refractivity contribution is 0.0657. The monoisotopic (exact) mass is 336 g/mol. The molecule has 0 saturated carbocycles. The van der Waals surface area contributed by atoms with Crippen molar-refractivity contribution in [2.45, 2.75) is 52.2 Å². The second kappa shape index (κ2) is 8.03. The fourth-order valence-electron chi connectivity index (χ4n) is 3.28. The molecule has 136 valence electrons. The molecule has 0 aliphatic carbocycles. The minimum absolute atomic E-state index is 0.280. The summed E-state index contributed by atoms with van der Waals surface area (Å²) >= 11 is 0. The van der Waals surface area contributed by atoms with Crippen LogP contribution >= 0.6 is 0 Å². The van der Waals surface area contributed by atoms with E-state index in [0.717, 1.165) is 42.7 Å². The SMILES string of the molecule is CCNC(=NCC(C)(O)c1cc(C)oc1C)NCC1CCCN1C. The van der Waals surface area contributed by atoms with E-state index in [1.54, 1.807) is 6.92 Å². The van der Waals surface area contributed by atoms with Gasteiger partial charge in [-0.3, -0.25) is 0 Å². The fraction of sp³-hybridized carbons (Fsp3) is 0.722. The molecule has 0 bridgehead atoms. The quantitative estimate of drug-likeness (QED) is 0.545. The zero-order chi connectivity index (χ0) is 17.7. The van der Waals surface area contributed by atoms with Gasteiger partial charge in [-0.15, -0.1) is 0 Å². The van der Waals surface area contributed by atoms with Crippen molar-refractivity contribution in [2.24, 2.45) is 4.99 Å². The van der Waals surface area contributed by atoms with Crippen molar-refractivity contribution in [3.05, 3.63) is 23.2 Å². The molecular formula is C18H32N4O2. The van der Waals surface area contributed by atoms with Crippen LogP contribution in [-0.2, 0) is 5.60 Å². The number of furan rings is 1. The molecule has 6 nitrogen and oxygen atoms in total. The van der Waals surface area contributed by atoms with Gasteiger partial charge in [0.05, 0.1) is 6.54 Å². The fourth-order valence-corrected chi connectivity index (χ4v) is 3.28. The van der Waals surface area contributed by atoms with E-state index < -0.39 is 5.60 Å². The van der Waals surface area contributed by atoms with Gasteiger partial charge < -0.3 is 25.1 Å². The smallest absolute Gasteiger partial charge is 0.191 e. The molecule has 1 aliphatic heterocycles. The van der Waals surface area contributed by atoms with Gasteiger partial charge in [0.15, 0.2) is 5.96 Å². The molecular weight excluding hydrogens is 304 g/mol. The second-order valence-corrected chi connectivity index (χ2v) is 6.95. The van der Waals surface area contributed by atoms with Crippen LogP contribution in [0.3, 0.4) is 0 Å². The van der Waals surface area contributed by atoms with Gasteiger partial charge in [-0.25, -0.2) is 4.99 Å². The Bertz CT molecular complexity index is 565. The maximum atomic E-state index is 10.8. The van der Waals surface area contributed by atoms with Gasteiger partial charge >= 0.3 is 0 Å². The predicted molar refractivity (Wildman–Crippen MR) is 97.4 cm³/mol. The first-order chi connectivity index (χ1) is 11.3. The molecule has 2 unspecified atom stereocenters. The van der Waals surface area contributed by atoms with Gasteiger partial charge in [-0.2, -0.15) is 0 Å². The van der Waals surface area contributed by atoms with E-state index in [4.69, 9.17) is 4.42 Å². The first-order valence-corrected chi connectivity index (χ1v) is 8.85. The molecule has 1 aliphatic rings. The van der Waals surface area contributed by atoms with Crippen molar-refractivity contribution < 1.29 is 9.52 Å². The van der Waals surface area contributed by atoms with E-state index in [2.05, 4.69) is 27.6 Å². The van der Waals surface area contributed by atoms with Crippen LogP contribution in [0.2, 0.25) is 0 Å². The van der Waals surface area contributed by atoms with Crippen LogP contribution in [0.4, 0.5) is 0 Å². The highest BCUT2D eigenvalue weighted by Crippen LogP contribution is 2.27. The van der Waals surface area contributed by atoms with E-state index in [1.807, 2.05) is 26.8 Å². The van der Waals surface area contributed by atoms with Crippen molar-refractivity contribution >= 4 is 5.96 Å². The van der Waals surface area contributed by atoms with Crippen LogP contribution in [0.5, 0.6) is 0 Å². The second-order valence-electron chi connectivity index (χ2n) is 6.95. The summed E-state index contributed by atoms with van der Waals surface area (Å²) in [5, 5.41) is 17.4. The van der Waals surface area contributed by atoms with Gasteiger partial charge in [-0.05, 0) is 60.2 Å². The number of hydrogen-bond donors (Lipinski definition) is 3. The highest BCUT2D eigenvalue weighted by molar-refractivity contribution is 5.79. The Hall–Kier alpha value is -1.53. The lowest BCUT2D eigenvalue weighted by atomic mass is 9.96. The van der Waals surface area contributed by atoms with Crippen LogP contribution in [0.15, 0.2) is 15.5 Å². The molecule has 1 saturated heterocycles. The van der Waals surface area contributed by atoms with E-state index in [-0.39, 0.29) is 6.54 Å². The highest BCUT2D eigenvalue weighted by Gasteiger charge is 2.28. The van der Waals surface area contributed by atoms with Crippen LogP contribution in [0, 0.1) is 13.8 Å². The van der Waals surface area contributed by atoms with Gasteiger partial charge in [0.25, 0.3) is 0 Å². The molecule has 1 fully saturated rings. The Morgan fingerprint density at radius 2 is 2.21 bits per heavy atom. The summed E-state index contributed by atoms with van der Waals surface area (Å²) in [5.41, 5.74) is -0.246. The Balaban J connectivity index is 2.00. The number of aryl methyl sites for hydroxylation is 2. The number of aliphatic hydroxyl groups is 1. The lowest BCUT2D eigenvalue weighted by Gasteiger charge is -2.23. The molecule has 0 radical (unpaired) electrons. The average molecular weight is 336 g/mol. The molecule has 24 heavy (non-hydrogen) atoms. The first-order valence-electron chi connectivity index (χ1n) is 8.85. The van der Waals surface area contributed by atoms with Crippen molar-refractivity contribution in [2.75, 3.05) is 33.2 Å². The van der Waals surface area contributed by atoms with Gasteiger partial charge in [0.2, 0.25) is 0 Å². The van der Waals surface area contributed by atoms with Crippen LogP contribution in [0.25, 0.3) is 0 Å². The van der Waals surface area contributed by atoms with E-state index in [9.17, 15) is 5.11 Å². The van der Waals surface area contributed by atoms with E-state index in [0.29, 0.717) is 6.04 Å². The molecule has 1 aromatic heterocycles. The topological polar surface area (TPSA) is 73.0 Å². The van der Waals surface area contributed by atoms with Crippen LogP contribution in [-0.4, -0.2) is 55.2 Å². The Kier molecular flexibility index (Phi) is 6.29. The third-order valence-electron chi connectivity index (χ3n) is 4.69.